The number of nitrogens with zero attached hydrogens (tertiary/aromatic N) is 9. The Balaban J connectivity index is 5.67. The van der Waals surface area contributed by atoms with Crippen LogP contribution in [0.5, 0.6) is 0 Å². The SMILES string of the molecule is CN(CC(=O)O)C(=O)CN(C)C(=O)[C@H](CO)N(C)C(=O)[C@H](CO)N(C)C(=O)CN(C)C(=O)CN(C)C(=O)[C@H](CO)N(C)C(=O)[C@H](CO)N(C)C(=O)CN(C)C(=O)CNC(C)(C)C. The average Bonchev–Trinajstić information content (AvgIpc) is 3.19. The van der Waals surface area contributed by atoms with Crippen LogP contribution in [0.2, 0.25) is 0 Å². The fourth-order valence-corrected chi connectivity index (χ4v) is 5.47. The van der Waals surface area contributed by atoms with Crippen molar-refractivity contribution in [2.45, 2.75) is 50.5 Å². The molecule has 25 heteroatoms. The van der Waals surface area contributed by atoms with E-state index in [2.05, 4.69) is 5.32 Å². The third-order valence-corrected chi connectivity index (χ3v) is 9.85. The van der Waals surface area contributed by atoms with Gasteiger partial charge in [0.15, 0.2) is 0 Å². The molecule has 0 aromatic heterocycles. The molecule has 354 valence electrons. The molecule has 0 spiro atoms. The first kappa shape index (κ1) is 56.5. The molecule has 0 unspecified atom stereocenters. The number of aliphatic hydroxyl groups excluding tert-OH is 4. The predicted molar refractivity (Wildman–Crippen MR) is 218 cm³/mol. The predicted octanol–water partition coefficient (Wildman–Crippen LogP) is -6.97. The highest BCUT2D eigenvalue weighted by Gasteiger charge is 2.38. The van der Waals surface area contributed by atoms with Crippen LogP contribution >= 0.6 is 0 Å². The highest BCUT2D eigenvalue weighted by atomic mass is 16.4. The summed E-state index contributed by atoms with van der Waals surface area (Å²) >= 11 is 0. The van der Waals surface area contributed by atoms with E-state index in [9.17, 15) is 68.4 Å². The topological polar surface area (TPSA) is 313 Å². The van der Waals surface area contributed by atoms with Crippen LogP contribution in [-0.2, 0) is 47.9 Å². The van der Waals surface area contributed by atoms with Crippen LogP contribution < -0.4 is 5.32 Å². The van der Waals surface area contributed by atoms with Crippen LogP contribution in [0.25, 0.3) is 0 Å². The zero-order valence-electron chi connectivity index (χ0n) is 37.7. The molecule has 6 N–H and O–H groups in total. The number of carboxylic acids is 1. The van der Waals surface area contributed by atoms with Gasteiger partial charge in [-0.3, -0.25) is 47.9 Å². The molecule has 0 saturated carbocycles. The Kier molecular flexibility index (Phi) is 23.2. The molecule has 0 bridgehead atoms. The fourth-order valence-electron chi connectivity index (χ4n) is 5.47. The van der Waals surface area contributed by atoms with Crippen molar-refractivity contribution >= 4 is 59.1 Å². The molecule has 0 heterocycles. The van der Waals surface area contributed by atoms with Crippen molar-refractivity contribution in [3.63, 3.8) is 0 Å². The number of likely N-dealkylation sites (N-methyl/N-ethyl adjacent to an activating group) is 9. The minimum atomic E-state index is -1.62. The van der Waals surface area contributed by atoms with Crippen molar-refractivity contribution in [2.75, 3.05) is 129 Å². The monoisotopic (exact) mass is 890 g/mol. The van der Waals surface area contributed by atoms with E-state index in [0.717, 1.165) is 65.2 Å². The summed E-state index contributed by atoms with van der Waals surface area (Å²) in [6.45, 7) is -1.23. The van der Waals surface area contributed by atoms with E-state index in [-0.39, 0.29) is 12.1 Å². The molecule has 0 aromatic carbocycles. The molecule has 4 atom stereocenters. The normalized spacial score (nSPS) is 13.0. The lowest BCUT2D eigenvalue weighted by Crippen LogP contribution is -2.59. The summed E-state index contributed by atoms with van der Waals surface area (Å²) in [6, 6.07) is -6.32. The van der Waals surface area contributed by atoms with Crippen molar-refractivity contribution in [1.82, 2.24) is 49.4 Å². The van der Waals surface area contributed by atoms with Gasteiger partial charge < -0.3 is 74.9 Å². The molecule has 25 nitrogen and oxygen atoms in total. The lowest BCUT2D eigenvalue weighted by molar-refractivity contribution is -0.154. The second-order valence-corrected chi connectivity index (χ2v) is 15.8. The molecule has 0 rings (SSSR count). The maximum atomic E-state index is 13.4. The van der Waals surface area contributed by atoms with Crippen LogP contribution in [0.3, 0.4) is 0 Å². The van der Waals surface area contributed by atoms with Crippen molar-refractivity contribution in [3.8, 4) is 0 Å². The van der Waals surface area contributed by atoms with Gasteiger partial charge >= 0.3 is 5.97 Å². The van der Waals surface area contributed by atoms with Crippen molar-refractivity contribution < 1.29 is 73.5 Å². The Labute approximate surface area is 361 Å². The summed E-state index contributed by atoms with van der Waals surface area (Å²) in [5, 5.41) is 52.2. The van der Waals surface area contributed by atoms with E-state index >= 15 is 0 Å². The van der Waals surface area contributed by atoms with Gasteiger partial charge in [0.05, 0.1) is 59.2 Å². The summed E-state index contributed by atoms with van der Waals surface area (Å²) in [7, 11) is 10.8. The number of amides is 9. The first-order valence-corrected chi connectivity index (χ1v) is 19.2. The third kappa shape index (κ3) is 16.8. The van der Waals surface area contributed by atoms with Crippen LogP contribution in [0, 0.1) is 0 Å². The molecule has 0 aromatic rings. The quantitative estimate of drug-likeness (QED) is 0.0525. The summed E-state index contributed by atoms with van der Waals surface area (Å²) in [6.07, 6.45) is 0. The van der Waals surface area contributed by atoms with Gasteiger partial charge in [0.25, 0.3) is 0 Å². The molecule has 0 aliphatic rings. The van der Waals surface area contributed by atoms with E-state index in [1.165, 1.54) is 42.3 Å². The number of hydrogen-bond donors (Lipinski definition) is 6. The number of carbonyl (C=O) groups excluding carboxylic acids is 9. The van der Waals surface area contributed by atoms with Gasteiger partial charge in [-0.25, -0.2) is 0 Å². The number of aliphatic carboxylic acids is 1. The second kappa shape index (κ2) is 25.4. The lowest BCUT2D eigenvalue weighted by Gasteiger charge is -2.35. The van der Waals surface area contributed by atoms with Gasteiger partial charge in [0.2, 0.25) is 53.2 Å². The minimum Gasteiger partial charge on any atom is -0.480 e. The molecule has 62 heavy (non-hydrogen) atoms. The van der Waals surface area contributed by atoms with Gasteiger partial charge in [-0.05, 0) is 20.8 Å². The zero-order valence-corrected chi connectivity index (χ0v) is 37.7. The van der Waals surface area contributed by atoms with E-state index in [1.54, 1.807) is 0 Å². The molecule has 0 aliphatic carbocycles. The van der Waals surface area contributed by atoms with E-state index in [1.807, 2.05) is 20.8 Å². The highest BCUT2D eigenvalue weighted by Crippen LogP contribution is 2.11. The first-order chi connectivity index (χ1) is 28.5. The van der Waals surface area contributed by atoms with Crippen molar-refractivity contribution in [2.24, 2.45) is 0 Å². The van der Waals surface area contributed by atoms with Crippen LogP contribution in [0.1, 0.15) is 20.8 Å². The summed E-state index contributed by atoms with van der Waals surface area (Å²) in [5.41, 5.74) is -0.368. The highest BCUT2D eigenvalue weighted by molar-refractivity contribution is 5.96. The van der Waals surface area contributed by atoms with Gasteiger partial charge in [-0.2, -0.15) is 0 Å². The number of rotatable bonds is 24. The largest absolute Gasteiger partial charge is 0.480 e. The fraction of sp³-hybridized carbons (Fsp3) is 0.730. The van der Waals surface area contributed by atoms with Gasteiger partial charge in [0.1, 0.15) is 30.7 Å². The minimum absolute atomic E-state index is 0.0627. The molecule has 0 fully saturated rings. The second-order valence-electron chi connectivity index (χ2n) is 15.8. The maximum Gasteiger partial charge on any atom is 0.323 e. The van der Waals surface area contributed by atoms with E-state index in [4.69, 9.17) is 5.11 Å². The molecule has 9 amide bonds. The van der Waals surface area contributed by atoms with Crippen molar-refractivity contribution in [3.05, 3.63) is 0 Å². The number of aliphatic hydroxyl groups is 4. The Morgan fingerprint density at radius 1 is 0.403 bits per heavy atom. The van der Waals surface area contributed by atoms with Crippen LogP contribution in [-0.4, -0.2) is 288 Å². The average molecular weight is 891 g/mol. The number of carbonyl (C=O) groups is 10. The zero-order chi connectivity index (χ0) is 48.6. The summed E-state index contributed by atoms with van der Waals surface area (Å²) in [4.78, 5) is 136. The van der Waals surface area contributed by atoms with Gasteiger partial charge in [-0.1, -0.05) is 0 Å². The Morgan fingerprint density at radius 2 is 0.677 bits per heavy atom. The van der Waals surface area contributed by atoms with Gasteiger partial charge in [0, 0.05) is 69.0 Å². The number of carboxylic acid groups (broad SMARTS) is 1. The molecular weight excluding hydrogens is 824 g/mol. The Morgan fingerprint density at radius 3 is 0.968 bits per heavy atom. The first-order valence-electron chi connectivity index (χ1n) is 19.2. The Bertz CT molecular complexity index is 1630. The summed E-state index contributed by atoms with van der Waals surface area (Å²) in [5.74, 6) is -8.64. The van der Waals surface area contributed by atoms with E-state index in [0.29, 0.717) is 0 Å². The molecule has 0 radical (unpaired) electrons. The van der Waals surface area contributed by atoms with Crippen LogP contribution in [0.4, 0.5) is 0 Å². The van der Waals surface area contributed by atoms with Crippen molar-refractivity contribution in [1.29, 1.82) is 0 Å². The molecular formula is C37H66N10O15. The number of nitrogens with one attached hydrogen (secondary N) is 1. The smallest absolute Gasteiger partial charge is 0.323 e. The third-order valence-electron chi connectivity index (χ3n) is 9.85. The van der Waals surface area contributed by atoms with E-state index < -0.39 is 142 Å². The lowest BCUT2D eigenvalue weighted by atomic mass is 10.1. The summed E-state index contributed by atoms with van der Waals surface area (Å²) < 4.78 is 0. The maximum absolute atomic E-state index is 13.4. The Hall–Kier alpha value is -5.50. The number of hydrogen-bond acceptors (Lipinski definition) is 15. The van der Waals surface area contributed by atoms with Crippen LogP contribution in [0.15, 0.2) is 0 Å². The molecule has 0 aliphatic heterocycles. The molecule has 0 saturated heterocycles. The standard InChI is InChI=1S/C37H66N10O15/c1-37(2,3)38-13-27(52)39(4)16-30(55)44(9)25(21-50)35(61)46(11)23(19-48)33(59)42(7)14-28(53)40(5)17-31(56)45(10)26(22-51)36(62)47(12)24(20-49)34(60)43(8)15-29(54)41(6)18-32(57)58/h23-26,38,48-51H,13-22H2,1-12H3,(H,57,58)/t23-,24-,25-,26-/m0/s1. The van der Waals surface area contributed by atoms with Gasteiger partial charge in [-0.15, -0.1) is 0 Å².